The average Bonchev–Trinajstić information content (AvgIpc) is 2.54. The van der Waals surface area contributed by atoms with Gasteiger partial charge >= 0.3 is 5.97 Å². The molecule has 90 valence electrons. The third-order valence-corrected chi connectivity index (χ3v) is 3.23. The molecule has 2 aromatic rings. The lowest BCUT2D eigenvalue weighted by Gasteiger charge is -2.11. The van der Waals surface area contributed by atoms with Crippen LogP contribution in [0, 0.1) is 0 Å². The second-order valence-electron chi connectivity index (χ2n) is 3.86. The first-order chi connectivity index (χ1) is 8.00. The fraction of sp³-hybridized carbons (Fsp3) is 0.273. The second-order valence-corrected chi connectivity index (χ2v) is 4.61. The Morgan fingerprint density at radius 2 is 2.35 bits per heavy atom. The van der Waals surface area contributed by atoms with Crippen molar-refractivity contribution < 1.29 is 9.90 Å². The summed E-state index contributed by atoms with van der Waals surface area (Å²) < 4.78 is 2.44. The number of rotatable bonds is 3. The molecule has 1 aromatic heterocycles. The van der Waals surface area contributed by atoms with Gasteiger partial charge in [-0.3, -0.25) is 9.48 Å². The number of carboxylic acids is 1. The van der Waals surface area contributed by atoms with E-state index in [0.717, 1.165) is 21.1 Å². The third kappa shape index (κ3) is 2.18. The Kier molecular flexibility index (Phi) is 3.17. The molecule has 0 spiro atoms. The van der Waals surface area contributed by atoms with Gasteiger partial charge in [-0.2, -0.15) is 5.10 Å². The molecule has 1 unspecified atom stereocenters. The van der Waals surface area contributed by atoms with Gasteiger partial charge in [-0.15, -0.1) is 0 Å². The molecular weight excluding hydrogens is 286 g/mol. The lowest BCUT2D eigenvalue weighted by Crippen LogP contribution is -2.16. The fourth-order valence-corrected chi connectivity index (χ4v) is 2.48. The van der Waals surface area contributed by atoms with Crippen LogP contribution in [0.25, 0.3) is 10.9 Å². The van der Waals surface area contributed by atoms with E-state index in [1.165, 1.54) is 0 Å². The molecule has 0 radical (unpaired) electrons. The highest BCUT2D eigenvalue weighted by Crippen LogP contribution is 2.29. The Bertz CT molecular complexity index is 579. The number of carbonyl (C=O) groups is 1. The van der Waals surface area contributed by atoms with Crippen LogP contribution in [0.3, 0.4) is 0 Å². The van der Waals surface area contributed by atoms with Crippen LogP contribution in [0.4, 0.5) is 0 Å². The van der Waals surface area contributed by atoms with Crippen molar-refractivity contribution in [3.05, 3.63) is 28.4 Å². The topological polar surface area (TPSA) is 81.1 Å². The Labute approximate surface area is 106 Å². The molecule has 6 heteroatoms. The summed E-state index contributed by atoms with van der Waals surface area (Å²) in [5.74, 6) is -0.907. The van der Waals surface area contributed by atoms with Crippen LogP contribution in [-0.4, -0.2) is 20.9 Å². The Morgan fingerprint density at radius 3 is 3.00 bits per heavy atom. The minimum atomic E-state index is -0.907. The van der Waals surface area contributed by atoms with Gasteiger partial charge in [0.15, 0.2) is 0 Å². The summed E-state index contributed by atoms with van der Waals surface area (Å²) in [6.45, 7) is 0. The van der Waals surface area contributed by atoms with Crippen LogP contribution in [0.2, 0.25) is 0 Å². The third-order valence-electron chi connectivity index (χ3n) is 2.64. The average molecular weight is 298 g/mol. The number of aromatic nitrogens is 2. The molecule has 1 heterocycles. The van der Waals surface area contributed by atoms with Crippen molar-refractivity contribution in [2.75, 3.05) is 0 Å². The summed E-state index contributed by atoms with van der Waals surface area (Å²) in [7, 11) is 1.81. The molecule has 5 nitrogen and oxygen atoms in total. The van der Waals surface area contributed by atoms with Crippen molar-refractivity contribution in [1.82, 2.24) is 9.78 Å². The van der Waals surface area contributed by atoms with Gasteiger partial charge in [0.2, 0.25) is 0 Å². The highest BCUT2D eigenvalue weighted by Gasteiger charge is 2.17. The van der Waals surface area contributed by atoms with Crippen LogP contribution >= 0.6 is 15.9 Å². The summed E-state index contributed by atoms with van der Waals surface area (Å²) >= 11 is 3.36. The maximum Gasteiger partial charge on any atom is 0.305 e. The first kappa shape index (κ1) is 12.1. The van der Waals surface area contributed by atoms with Crippen molar-refractivity contribution >= 4 is 32.8 Å². The monoisotopic (exact) mass is 297 g/mol. The number of aliphatic carboxylic acids is 1. The van der Waals surface area contributed by atoms with E-state index in [4.69, 9.17) is 10.8 Å². The molecule has 0 saturated heterocycles. The van der Waals surface area contributed by atoms with Gasteiger partial charge in [-0.25, -0.2) is 0 Å². The lowest BCUT2D eigenvalue weighted by atomic mass is 10.0. The van der Waals surface area contributed by atoms with E-state index in [0.29, 0.717) is 0 Å². The van der Waals surface area contributed by atoms with Crippen molar-refractivity contribution in [1.29, 1.82) is 0 Å². The normalized spacial score (nSPS) is 12.9. The molecule has 0 amide bonds. The highest BCUT2D eigenvalue weighted by molar-refractivity contribution is 9.10. The zero-order valence-corrected chi connectivity index (χ0v) is 10.8. The molecule has 17 heavy (non-hydrogen) atoms. The minimum Gasteiger partial charge on any atom is -0.481 e. The number of halogens is 1. The number of nitrogens with zero attached hydrogens (tertiary/aromatic N) is 2. The fourth-order valence-electron chi connectivity index (χ4n) is 1.92. The Hall–Kier alpha value is -1.40. The first-order valence-electron chi connectivity index (χ1n) is 5.09. The summed E-state index contributed by atoms with van der Waals surface area (Å²) in [6, 6.07) is 5.08. The van der Waals surface area contributed by atoms with E-state index in [-0.39, 0.29) is 6.42 Å². The minimum absolute atomic E-state index is 0.0953. The van der Waals surface area contributed by atoms with E-state index in [1.807, 2.05) is 25.2 Å². The molecule has 0 saturated carbocycles. The largest absolute Gasteiger partial charge is 0.481 e. The SMILES string of the molecule is Cn1nc(Br)c2cccc(C(N)CC(=O)O)c21. The Morgan fingerprint density at radius 1 is 1.65 bits per heavy atom. The van der Waals surface area contributed by atoms with Crippen LogP contribution in [0.15, 0.2) is 22.8 Å². The number of hydrogen-bond donors (Lipinski definition) is 2. The van der Waals surface area contributed by atoms with Crippen molar-refractivity contribution in [3.63, 3.8) is 0 Å². The summed E-state index contributed by atoms with van der Waals surface area (Å²) in [6.07, 6.45) is -0.0953. The van der Waals surface area contributed by atoms with Crippen LogP contribution in [-0.2, 0) is 11.8 Å². The van der Waals surface area contributed by atoms with E-state index in [2.05, 4.69) is 21.0 Å². The standard InChI is InChI=1S/C11H12BrN3O2/c1-15-10-6(8(13)5-9(16)17)3-2-4-7(10)11(12)14-15/h2-4,8H,5,13H2,1H3,(H,16,17). The van der Waals surface area contributed by atoms with E-state index < -0.39 is 12.0 Å². The van der Waals surface area contributed by atoms with E-state index in [9.17, 15) is 4.79 Å². The van der Waals surface area contributed by atoms with Gasteiger partial charge < -0.3 is 10.8 Å². The van der Waals surface area contributed by atoms with Crippen LogP contribution in [0.5, 0.6) is 0 Å². The zero-order valence-electron chi connectivity index (χ0n) is 9.22. The zero-order chi connectivity index (χ0) is 12.6. The highest BCUT2D eigenvalue weighted by atomic mass is 79.9. The second kappa shape index (κ2) is 4.46. The molecule has 0 aliphatic carbocycles. The predicted octanol–water partition coefficient (Wildman–Crippen LogP) is 1.81. The summed E-state index contributed by atoms with van der Waals surface area (Å²) in [5, 5.41) is 14.0. The maximum atomic E-state index is 10.7. The lowest BCUT2D eigenvalue weighted by molar-refractivity contribution is -0.137. The molecule has 0 bridgehead atoms. The number of carboxylic acid groups (broad SMARTS) is 1. The van der Waals surface area contributed by atoms with Gasteiger partial charge in [0.25, 0.3) is 0 Å². The first-order valence-corrected chi connectivity index (χ1v) is 5.88. The molecular formula is C11H12BrN3O2. The van der Waals surface area contributed by atoms with Crippen molar-refractivity contribution in [2.24, 2.45) is 12.8 Å². The van der Waals surface area contributed by atoms with Crippen molar-refractivity contribution in [3.8, 4) is 0 Å². The van der Waals surface area contributed by atoms with E-state index in [1.54, 1.807) is 4.68 Å². The smallest absolute Gasteiger partial charge is 0.305 e. The van der Waals surface area contributed by atoms with E-state index >= 15 is 0 Å². The quantitative estimate of drug-likeness (QED) is 0.905. The number of aryl methyl sites for hydroxylation is 1. The summed E-state index contributed by atoms with van der Waals surface area (Å²) in [4.78, 5) is 10.7. The number of fused-ring (bicyclic) bond motifs is 1. The predicted molar refractivity (Wildman–Crippen MR) is 67.6 cm³/mol. The van der Waals surface area contributed by atoms with Gasteiger partial charge in [-0.05, 0) is 21.5 Å². The number of para-hydroxylation sites is 1. The molecule has 1 atom stereocenters. The molecule has 0 aliphatic rings. The maximum absolute atomic E-state index is 10.7. The molecule has 0 fully saturated rings. The Balaban J connectivity index is 2.57. The van der Waals surface area contributed by atoms with Crippen LogP contribution < -0.4 is 5.73 Å². The van der Waals surface area contributed by atoms with Crippen LogP contribution in [0.1, 0.15) is 18.0 Å². The van der Waals surface area contributed by atoms with Gasteiger partial charge in [0.1, 0.15) is 4.60 Å². The molecule has 1 aromatic carbocycles. The number of benzene rings is 1. The van der Waals surface area contributed by atoms with Gasteiger partial charge in [0.05, 0.1) is 11.9 Å². The summed E-state index contributed by atoms with van der Waals surface area (Å²) in [5.41, 5.74) is 7.57. The van der Waals surface area contributed by atoms with Gasteiger partial charge in [-0.1, -0.05) is 18.2 Å². The molecule has 0 aliphatic heterocycles. The molecule has 2 rings (SSSR count). The number of nitrogens with two attached hydrogens (primary N) is 1. The van der Waals surface area contributed by atoms with Gasteiger partial charge in [0, 0.05) is 18.5 Å². The van der Waals surface area contributed by atoms with Crippen molar-refractivity contribution in [2.45, 2.75) is 12.5 Å². The number of hydrogen-bond acceptors (Lipinski definition) is 3. The molecule has 3 N–H and O–H groups in total.